The number of thioether (sulfide) groups is 1. The topological polar surface area (TPSA) is 114 Å². The number of benzene rings is 3. The normalized spacial score (nSPS) is 11.5. The Kier molecular flexibility index (Phi) is 8.09. The molecule has 0 bridgehead atoms. The van der Waals surface area contributed by atoms with E-state index in [1.54, 1.807) is 18.2 Å². The van der Waals surface area contributed by atoms with Gasteiger partial charge in [0.05, 0.1) is 15.9 Å². The number of carbonyl (C=O) groups is 2. The van der Waals surface area contributed by atoms with Crippen LogP contribution in [-0.4, -0.2) is 27.0 Å². The molecule has 0 radical (unpaired) electrons. The summed E-state index contributed by atoms with van der Waals surface area (Å²) >= 11 is 2.76. The number of amides is 2. The first-order chi connectivity index (χ1) is 17.4. The summed E-state index contributed by atoms with van der Waals surface area (Å²) in [6.07, 6.45) is 0.595. The fraction of sp³-hybridized carbons (Fsp3) is 0.115. The highest BCUT2D eigenvalue weighted by Crippen LogP contribution is 2.30. The third kappa shape index (κ3) is 6.35. The Labute approximate surface area is 215 Å². The van der Waals surface area contributed by atoms with Crippen LogP contribution >= 0.6 is 23.1 Å². The van der Waals surface area contributed by atoms with Gasteiger partial charge in [-0.25, -0.2) is 4.98 Å². The lowest BCUT2D eigenvalue weighted by molar-refractivity contribution is -0.384. The highest BCUT2D eigenvalue weighted by atomic mass is 32.2. The minimum absolute atomic E-state index is 0.150. The smallest absolute Gasteiger partial charge is 0.270 e. The standard InChI is InChI=1S/C26H22N4O4S2/c1-2-23(25(32)29-26-28-22(16-35-26)17-8-4-3-5-9-17)36-21-13-7-11-19(15-21)27-24(31)18-10-6-12-20(14-18)30(33)34/h3-16,23H,2H2,1H3,(H,27,31)(H,28,29,32). The lowest BCUT2D eigenvalue weighted by Gasteiger charge is -2.14. The Balaban J connectivity index is 1.40. The van der Waals surface area contributed by atoms with Gasteiger partial charge in [0.25, 0.3) is 11.6 Å². The molecule has 0 aliphatic rings. The van der Waals surface area contributed by atoms with E-state index >= 15 is 0 Å². The predicted molar refractivity (Wildman–Crippen MR) is 144 cm³/mol. The van der Waals surface area contributed by atoms with Gasteiger partial charge in [-0.1, -0.05) is 49.4 Å². The van der Waals surface area contributed by atoms with E-state index in [1.807, 2.05) is 48.7 Å². The molecule has 4 aromatic rings. The first-order valence-corrected chi connectivity index (χ1v) is 12.8. The minimum atomic E-state index is -0.543. The van der Waals surface area contributed by atoms with Crippen LogP contribution in [0.3, 0.4) is 0 Å². The van der Waals surface area contributed by atoms with Gasteiger partial charge in [-0.15, -0.1) is 23.1 Å². The van der Waals surface area contributed by atoms with Crippen LogP contribution in [0, 0.1) is 10.1 Å². The molecule has 3 aromatic carbocycles. The van der Waals surface area contributed by atoms with E-state index in [9.17, 15) is 19.7 Å². The summed E-state index contributed by atoms with van der Waals surface area (Å²) in [5, 5.41) is 18.7. The molecule has 0 aliphatic heterocycles. The number of carbonyl (C=O) groups excluding carboxylic acids is 2. The van der Waals surface area contributed by atoms with E-state index in [1.165, 1.54) is 47.4 Å². The summed E-state index contributed by atoms with van der Waals surface area (Å²) in [6.45, 7) is 1.93. The molecule has 4 rings (SSSR count). The van der Waals surface area contributed by atoms with Crippen molar-refractivity contribution < 1.29 is 14.5 Å². The maximum atomic E-state index is 12.9. The number of rotatable bonds is 9. The molecule has 1 heterocycles. The van der Waals surface area contributed by atoms with Gasteiger partial charge in [0.1, 0.15) is 0 Å². The summed E-state index contributed by atoms with van der Waals surface area (Å²) in [6, 6.07) is 22.4. The largest absolute Gasteiger partial charge is 0.322 e. The van der Waals surface area contributed by atoms with Gasteiger partial charge in [-0.3, -0.25) is 19.7 Å². The van der Waals surface area contributed by atoms with Gasteiger partial charge in [-0.05, 0) is 30.7 Å². The Hall–Kier alpha value is -4.02. The molecule has 0 saturated carbocycles. The Bertz CT molecular complexity index is 1390. The second kappa shape index (κ2) is 11.6. The molecule has 8 nitrogen and oxygen atoms in total. The summed E-state index contributed by atoms with van der Waals surface area (Å²) < 4.78 is 0. The SMILES string of the molecule is CCC(Sc1cccc(NC(=O)c2cccc([N+](=O)[O-])c2)c1)C(=O)Nc1nc(-c2ccccc2)cs1. The van der Waals surface area contributed by atoms with Crippen LogP contribution in [0.2, 0.25) is 0 Å². The molecular weight excluding hydrogens is 496 g/mol. The first-order valence-electron chi connectivity index (χ1n) is 11.1. The van der Waals surface area contributed by atoms with Crippen LogP contribution in [0.15, 0.2) is 89.1 Å². The number of nitrogens with zero attached hydrogens (tertiary/aromatic N) is 2. The summed E-state index contributed by atoms with van der Waals surface area (Å²) in [7, 11) is 0. The molecule has 2 amide bonds. The van der Waals surface area contributed by atoms with E-state index in [0.29, 0.717) is 17.2 Å². The summed E-state index contributed by atoms with van der Waals surface area (Å²) in [5.74, 6) is -0.605. The number of nitro groups is 1. The molecule has 36 heavy (non-hydrogen) atoms. The number of non-ortho nitro benzene ring substituents is 1. The van der Waals surface area contributed by atoms with Crippen molar-refractivity contribution in [3.8, 4) is 11.3 Å². The van der Waals surface area contributed by atoms with Crippen molar-refractivity contribution >= 4 is 51.4 Å². The van der Waals surface area contributed by atoms with Crippen LogP contribution in [-0.2, 0) is 4.79 Å². The van der Waals surface area contributed by atoms with Crippen molar-refractivity contribution in [2.45, 2.75) is 23.5 Å². The third-order valence-corrected chi connectivity index (χ3v) is 7.27. The van der Waals surface area contributed by atoms with Crippen LogP contribution in [0.25, 0.3) is 11.3 Å². The molecule has 1 unspecified atom stereocenters. The zero-order chi connectivity index (χ0) is 25.5. The number of thiazole rings is 1. The molecule has 182 valence electrons. The van der Waals surface area contributed by atoms with Crippen molar-refractivity contribution in [3.63, 3.8) is 0 Å². The van der Waals surface area contributed by atoms with Gasteiger partial charge in [-0.2, -0.15) is 0 Å². The Morgan fingerprint density at radius 1 is 1.03 bits per heavy atom. The number of nitrogens with one attached hydrogen (secondary N) is 2. The predicted octanol–water partition coefficient (Wildman–Crippen LogP) is 6.48. The van der Waals surface area contributed by atoms with Crippen LogP contribution in [0.4, 0.5) is 16.5 Å². The average Bonchev–Trinajstić information content (AvgIpc) is 3.36. The van der Waals surface area contributed by atoms with Gasteiger partial charge in [0.15, 0.2) is 5.13 Å². The number of hydrogen-bond acceptors (Lipinski definition) is 7. The number of aromatic nitrogens is 1. The summed E-state index contributed by atoms with van der Waals surface area (Å²) in [5.41, 5.74) is 2.36. The molecule has 0 saturated heterocycles. The molecule has 0 fully saturated rings. The Morgan fingerprint density at radius 2 is 1.81 bits per heavy atom. The zero-order valence-electron chi connectivity index (χ0n) is 19.2. The van der Waals surface area contributed by atoms with E-state index in [4.69, 9.17) is 0 Å². The number of anilines is 2. The molecule has 1 aromatic heterocycles. The van der Waals surface area contributed by atoms with E-state index in [-0.39, 0.29) is 22.4 Å². The molecule has 2 N–H and O–H groups in total. The average molecular weight is 519 g/mol. The highest BCUT2D eigenvalue weighted by molar-refractivity contribution is 8.00. The lowest BCUT2D eigenvalue weighted by Crippen LogP contribution is -2.24. The molecule has 0 aliphatic carbocycles. The van der Waals surface area contributed by atoms with Crippen LogP contribution in [0.1, 0.15) is 23.7 Å². The van der Waals surface area contributed by atoms with E-state index < -0.39 is 10.8 Å². The van der Waals surface area contributed by atoms with Crippen molar-refractivity contribution in [1.82, 2.24) is 4.98 Å². The van der Waals surface area contributed by atoms with Crippen molar-refractivity contribution in [1.29, 1.82) is 0 Å². The van der Waals surface area contributed by atoms with Crippen LogP contribution < -0.4 is 10.6 Å². The Morgan fingerprint density at radius 3 is 2.56 bits per heavy atom. The quantitative estimate of drug-likeness (QED) is 0.149. The summed E-state index contributed by atoms with van der Waals surface area (Å²) in [4.78, 5) is 41.3. The number of nitro benzene ring substituents is 1. The second-order valence-electron chi connectivity index (χ2n) is 7.70. The molecule has 10 heteroatoms. The molecular formula is C26H22N4O4S2. The van der Waals surface area contributed by atoms with E-state index in [0.717, 1.165) is 16.2 Å². The van der Waals surface area contributed by atoms with Gasteiger partial charge < -0.3 is 10.6 Å². The monoisotopic (exact) mass is 518 g/mol. The highest BCUT2D eigenvalue weighted by Gasteiger charge is 2.20. The molecule has 0 spiro atoms. The van der Waals surface area contributed by atoms with Crippen molar-refractivity contribution in [2.75, 3.05) is 10.6 Å². The van der Waals surface area contributed by atoms with Gasteiger partial charge in [0.2, 0.25) is 5.91 Å². The zero-order valence-corrected chi connectivity index (χ0v) is 20.8. The van der Waals surface area contributed by atoms with Gasteiger partial charge in [0, 0.05) is 39.2 Å². The lowest BCUT2D eigenvalue weighted by atomic mass is 10.2. The van der Waals surface area contributed by atoms with E-state index in [2.05, 4.69) is 15.6 Å². The van der Waals surface area contributed by atoms with Gasteiger partial charge >= 0.3 is 0 Å². The van der Waals surface area contributed by atoms with Crippen molar-refractivity contribution in [2.24, 2.45) is 0 Å². The second-order valence-corrected chi connectivity index (χ2v) is 9.83. The number of hydrogen-bond donors (Lipinski definition) is 2. The fourth-order valence-electron chi connectivity index (χ4n) is 3.36. The maximum absolute atomic E-state index is 12.9. The fourth-order valence-corrected chi connectivity index (χ4v) is 5.09. The minimum Gasteiger partial charge on any atom is -0.322 e. The third-order valence-electron chi connectivity index (χ3n) is 5.16. The maximum Gasteiger partial charge on any atom is 0.270 e. The molecule has 1 atom stereocenters. The first kappa shape index (κ1) is 25.1. The van der Waals surface area contributed by atoms with Crippen LogP contribution in [0.5, 0.6) is 0 Å². The van der Waals surface area contributed by atoms with Crippen molar-refractivity contribution in [3.05, 3.63) is 99.9 Å².